The fourth-order valence-electron chi connectivity index (χ4n) is 8.04. The largest absolute Gasteiger partial charge is 0.456 e. The molecule has 0 saturated heterocycles. The summed E-state index contributed by atoms with van der Waals surface area (Å²) >= 11 is 0. The molecule has 0 unspecified atom stereocenters. The van der Waals surface area contributed by atoms with E-state index in [1.165, 1.54) is 33.4 Å². The topological polar surface area (TPSA) is 38.9 Å². The highest BCUT2D eigenvalue weighted by Crippen LogP contribution is 2.56. The van der Waals surface area contributed by atoms with Crippen LogP contribution in [0.15, 0.2) is 186 Å². The number of furan rings is 1. The van der Waals surface area contributed by atoms with Gasteiger partial charge in [0.1, 0.15) is 11.2 Å². The molecule has 0 bridgehead atoms. The van der Waals surface area contributed by atoms with E-state index in [4.69, 9.17) is 14.4 Å². The van der Waals surface area contributed by atoms with Gasteiger partial charge in [0.05, 0.1) is 16.8 Å². The van der Waals surface area contributed by atoms with Crippen LogP contribution in [0.25, 0.3) is 67.0 Å². The van der Waals surface area contributed by atoms with Gasteiger partial charge in [-0.05, 0) is 57.6 Å². The summed E-state index contributed by atoms with van der Waals surface area (Å²) < 4.78 is 6.29. The van der Waals surface area contributed by atoms with Gasteiger partial charge in [-0.2, -0.15) is 0 Å². The second-order valence-corrected chi connectivity index (χ2v) is 12.9. The van der Waals surface area contributed by atoms with Crippen molar-refractivity contribution in [2.75, 3.05) is 0 Å². The van der Waals surface area contributed by atoms with Crippen LogP contribution in [0.2, 0.25) is 0 Å². The lowest BCUT2D eigenvalue weighted by Crippen LogP contribution is -2.28. The molecule has 1 aliphatic rings. The van der Waals surface area contributed by atoms with Crippen LogP contribution in [0.3, 0.4) is 0 Å². The van der Waals surface area contributed by atoms with Crippen LogP contribution < -0.4 is 0 Å². The molecule has 0 amide bonds. The van der Waals surface area contributed by atoms with Crippen molar-refractivity contribution in [1.29, 1.82) is 0 Å². The number of nitrogens with zero attached hydrogens (tertiary/aromatic N) is 2. The standard InChI is InChI=1S/C47H30N2O/c1-4-15-31(16-5-1)46-48-41(30-42(49-46)37-23-14-26-44-45(37)38-22-11-13-25-43(38)50-44)32-27-28-36-35-21-10-12-24-39(35)47(40(36)29-32,33-17-6-2-7-18-33)34-19-8-3-9-20-34/h1-30H. The number of hydrogen-bond donors (Lipinski definition) is 0. The van der Waals surface area contributed by atoms with Gasteiger partial charge < -0.3 is 4.42 Å². The van der Waals surface area contributed by atoms with Crippen LogP contribution >= 0.6 is 0 Å². The Labute approximate surface area is 290 Å². The van der Waals surface area contributed by atoms with Crippen molar-refractivity contribution < 1.29 is 4.42 Å². The minimum absolute atomic E-state index is 0.496. The maximum atomic E-state index is 6.29. The van der Waals surface area contributed by atoms with Crippen molar-refractivity contribution in [1.82, 2.24) is 9.97 Å². The predicted octanol–water partition coefficient (Wildman–Crippen LogP) is 11.7. The summed E-state index contributed by atoms with van der Waals surface area (Å²) in [5, 5.41) is 2.13. The van der Waals surface area contributed by atoms with Gasteiger partial charge in [-0.15, -0.1) is 0 Å². The first-order valence-electron chi connectivity index (χ1n) is 17.0. The van der Waals surface area contributed by atoms with Crippen LogP contribution in [0.5, 0.6) is 0 Å². The van der Waals surface area contributed by atoms with E-state index in [0.717, 1.165) is 50.0 Å². The minimum atomic E-state index is -0.496. The first-order chi connectivity index (χ1) is 24.8. The van der Waals surface area contributed by atoms with Crippen LogP contribution in [0.4, 0.5) is 0 Å². The van der Waals surface area contributed by atoms with Crippen LogP contribution in [-0.2, 0) is 5.41 Å². The average Bonchev–Trinajstić information content (AvgIpc) is 3.72. The van der Waals surface area contributed by atoms with Crippen molar-refractivity contribution in [2.45, 2.75) is 5.41 Å². The predicted molar refractivity (Wildman–Crippen MR) is 203 cm³/mol. The smallest absolute Gasteiger partial charge is 0.160 e. The van der Waals surface area contributed by atoms with E-state index in [-0.39, 0.29) is 0 Å². The molecule has 1 aliphatic carbocycles. The van der Waals surface area contributed by atoms with E-state index in [1.54, 1.807) is 0 Å². The van der Waals surface area contributed by atoms with E-state index in [2.05, 4.69) is 140 Å². The van der Waals surface area contributed by atoms with E-state index in [9.17, 15) is 0 Å². The zero-order valence-corrected chi connectivity index (χ0v) is 27.1. The summed E-state index contributed by atoms with van der Waals surface area (Å²) in [7, 11) is 0. The van der Waals surface area contributed by atoms with Crippen molar-refractivity contribution in [3.63, 3.8) is 0 Å². The highest BCUT2D eigenvalue weighted by molar-refractivity contribution is 6.12. The molecule has 0 aliphatic heterocycles. The number of fused-ring (bicyclic) bond motifs is 6. The number of hydrogen-bond acceptors (Lipinski definition) is 3. The van der Waals surface area contributed by atoms with Crippen molar-refractivity contribution in [3.8, 4) is 45.0 Å². The normalized spacial score (nSPS) is 13.0. The summed E-state index contributed by atoms with van der Waals surface area (Å²) in [6, 6.07) is 64.4. The molecule has 3 heteroatoms. The summed E-state index contributed by atoms with van der Waals surface area (Å²) in [5.41, 5.74) is 13.5. The molecule has 10 rings (SSSR count). The van der Waals surface area contributed by atoms with Crippen LogP contribution in [0, 0.1) is 0 Å². The molecule has 2 aromatic heterocycles. The first kappa shape index (κ1) is 28.4. The molecule has 0 saturated carbocycles. The van der Waals surface area contributed by atoms with Gasteiger partial charge in [0.15, 0.2) is 5.82 Å². The molecule has 0 fully saturated rings. The van der Waals surface area contributed by atoms with Gasteiger partial charge in [0, 0.05) is 27.5 Å². The third-order valence-electron chi connectivity index (χ3n) is 10.2. The number of aromatic nitrogens is 2. The Balaban J connectivity index is 1.25. The van der Waals surface area contributed by atoms with E-state index in [0.29, 0.717) is 5.82 Å². The van der Waals surface area contributed by atoms with Gasteiger partial charge in [-0.3, -0.25) is 0 Å². The minimum Gasteiger partial charge on any atom is -0.456 e. The molecule has 3 nitrogen and oxygen atoms in total. The Kier molecular flexibility index (Phi) is 6.40. The fourth-order valence-corrected chi connectivity index (χ4v) is 8.04. The summed E-state index contributed by atoms with van der Waals surface area (Å²) in [4.78, 5) is 10.5. The molecule has 0 N–H and O–H groups in total. The first-order valence-corrected chi connectivity index (χ1v) is 17.0. The van der Waals surface area contributed by atoms with Crippen molar-refractivity contribution in [3.05, 3.63) is 204 Å². The molecule has 7 aromatic carbocycles. The number of para-hydroxylation sites is 1. The molecule has 9 aromatic rings. The Bertz CT molecular complexity index is 2660. The number of benzene rings is 7. The zero-order valence-electron chi connectivity index (χ0n) is 27.1. The van der Waals surface area contributed by atoms with Gasteiger partial charge in [0.25, 0.3) is 0 Å². The lowest BCUT2D eigenvalue weighted by atomic mass is 9.67. The zero-order chi connectivity index (χ0) is 33.1. The second kappa shape index (κ2) is 11.3. The highest BCUT2D eigenvalue weighted by Gasteiger charge is 2.46. The van der Waals surface area contributed by atoms with Gasteiger partial charge >= 0.3 is 0 Å². The van der Waals surface area contributed by atoms with Crippen LogP contribution in [0.1, 0.15) is 22.3 Å². The molecular weight excluding hydrogens is 609 g/mol. The Morgan fingerprint density at radius 2 is 1.00 bits per heavy atom. The lowest BCUT2D eigenvalue weighted by molar-refractivity contribution is 0.669. The van der Waals surface area contributed by atoms with Gasteiger partial charge in [-0.1, -0.05) is 158 Å². The third kappa shape index (κ3) is 4.23. The fraction of sp³-hybridized carbons (Fsp3) is 0.0213. The van der Waals surface area contributed by atoms with E-state index in [1.807, 2.05) is 42.5 Å². The lowest BCUT2D eigenvalue weighted by Gasteiger charge is -2.34. The van der Waals surface area contributed by atoms with Gasteiger partial charge in [-0.25, -0.2) is 9.97 Å². The molecule has 2 heterocycles. The Morgan fingerprint density at radius 3 is 1.78 bits per heavy atom. The maximum Gasteiger partial charge on any atom is 0.160 e. The molecule has 50 heavy (non-hydrogen) atoms. The molecule has 234 valence electrons. The summed E-state index contributed by atoms with van der Waals surface area (Å²) in [5.74, 6) is 0.684. The van der Waals surface area contributed by atoms with Crippen molar-refractivity contribution >= 4 is 21.9 Å². The summed E-state index contributed by atoms with van der Waals surface area (Å²) in [6.45, 7) is 0. The Hall–Kier alpha value is -6.58. The Morgan fingerprint density at radius 1 is 0.400 bits per heavy atom. The second-order valence-electron chi connectivity index (χ2n) is 12.9. The maximum absolute atomic E-state index is 6.29. The molecule has 0 spiro atoms. The third-order valence-corrected chi connectivity index (χ3v) is 10.2. The molecular formula is C47H30N2O. The summed E-state index contributed by atoms with van der Waals surface area (Å²) in [6.07, 6.45) is 0. The number of rotatable bonds is 5. The highest BCUT2D eigenvalue weighted by atomic mass is 16.3. The monoisotopic (exact) mass is 638 g/mol. The van der Waals surface area contributed by atoms with E-state index >= 15 is 0 Å². The molecule has 0 atom stereocenters. The van der Waals surface area contributed by atoms with E-state index < -0.39 is 5.41 Å². The average molecular weight is 639 g/mol. The molecule has 0 radical (unpaired) electrons. The SMILES string of the molecule is c1ccc(-c2nc(-c3ccc4c(c3)C(c3ccccc3)(c3ccccc3)c3ccccc3-4)cc(-c3cccc4oc5ccccc5c34)n2)cc1. The van der Waals surface area contributed by atoms with Crippen molar-refractivity contribution in [2.24, 2.45) is 0 Å². The quantitative estimate of drug-likeness (QED) is 0.188. The van der Waals surface area contributed by atoms with Gasteiger partial charge in [0.2, 0.25) is 0 Å². The van der Waals surface area contributed by atoms with Crippen LogP contribution in [-0.4, -0.2) is 9.97 Å².